The lowest BCUT2D eigenvalue weighted by atomic mass is 10.1. The highest BCUT2D eigenvalue weighted by molar-refractivity contribution is 7.93. The quantitative estimate of drug-likeness (QED) is 0.894. The summed E-state index contributed by atoms with van der Waals surface area (Å²) in [5, 5.41) is 0.527. The monoisotopic (exact) mass is 297 g/mol. The first-order valence-corrected chi connectivity index (χ1v) is 7.59. The number of hydrogen-bond acceptors (Lipinski definition) is 3. The van der Waals surface area contributed by atoms with Crippen LogP contribution in [0.2, 0.25) is 5.02 Å². The van der Waals surface area contributed by atoms with E-state index in [0.717, 1.165) is 5.56 Å². The van der Waals surface area contributed by atoms with Crippen LogP contribution in [0.15, 0.2) is 47.0 Å². The topological polar surface area (TPSA) is 72.2 Å². The Kier molecular flexibility index (Phi) is 4.29. The molecule has 0 heterocycles. The van der Waals surface area contributed by atoms with E-state index in [4.69, 9.17) is 17.3 Å². The molecule has 0 atom stereocenters. The molecule has 6 heteroatoms. The van der Waals surface area contributed by atoms with Gasteiger partial charge in [0.1, 0.15) is 0 Å². The molecule has 2 rings (SSSR count). The van der Waals surface area contributed by atoms with Gasteiger partial charge in [-0.1, -0.05) is 35.9 Å². The van der Waals surface area contributed by atoms with Crippen LogP contribution < -0.4 is 10.5 Å². The number of benzene rings is 1. The second-order valence-corrected chi connectivity index (χ2v) is 6.22. The van der Waals surface area contributed by atoms with E-state index in [1.165, 1.54) is 0 Å². The molecular weight excluding hydrogens is 284 g/mol. The van der Waals surface area contributed by atoms with Gasteiger partial charge in [0, 0.05) is 23.7 Å². The molecule has 0 fully saturated rings. The van der Waals surface area contributed by atoms with Gasteiger partial charge in [-0.2, -0.15) is 0 Å². The minimum atomic E-state index is -3.61. The minimum absolute atomic E-state index is 0.127. The second kappa shape index (κ2) is 5.77. The third-order valence-corrected chi connectivity index (χ3v) is 4.60. The van der Waals surface area contributed by atoms with Gasteiger partial charge in [0.25, 0.3) is 0 Å². The fourth-order valence-corrected chi connectivity index (χ4v) is 3.12. The summed E-state index contributed by atoms with van der Waals surface area (Å²) in [5.41, 5.74) is 6.65. The van der Waals surface area contributed by atoms with Gasteiger partial charge in [-0.05, 0) is 24.1 Å². The highest BCUT2D eigenvalue weighted by Crippen LogP contribution is 2.21. The lowest BCUT2D eigenvalue weighted by Gasteiger charge is -2.14. The average Bonchev–Trinajstić information content (AvgIpc) is 2.38. The van der Waals surface area contributed by atoms with Gasteiger partial charge in [-0.3, -0.25) is 0 Å². The maximum absolute atomic E-state index is 12.1. The Morgan fingerprint density at radius 3 is 2.74 bits per heavy atom. The molecule has 1 aliphatic rings. The van der Waals surface area contributed by atoms with Crippen molar-refractivity contribution in [2.24, 2.45) is 5.73 Å². The van der Waals surface area contributed by atoms with E-state index in [-0.39, 0.29) is 17.1 Å². The molecule has 0 spiro atoms. The zero-order valence-corrected chi connectivity index (χ0v) is 11.7. The first-order chi connectivity index (χ1) is 9.00. The Balaban J connectivity index is 2.15. The van der Waals surface area contributed by atoms with Crippen LogP contribution in [0.1, 0.15) is 12.0 Å². The molecule has 0 saturated carbocycles. The Morgan fingerprint density at radius 2 is 2.05 bits per heavy atom. The van der Waals surface area contributed by atoms with Crippen molar-refractivity contribution in [2.75, 3.05) is 0 Å². The molecule has 1 aromatic carbocycles. The molecule has 101 valence electrons. The van der Waals surface area contributed by atoms with Crippen molar-refractivity contribution in [1.82, 2.24) is 4.72 Å². The summed E-state index contributed by atoms with van der Waals surface area (Å²) in [6.45, 7) is 0.135. The summed E-state index contributed by atoms with van der Waals surface area (Å²) < 4.78 is 26.7. The summed E-state index contributed by atoms with van der Waals surface area (Å²) >= 11 is 5.98. The number of nitrogens with two attached hydrogens (primary N) is 1. The number of nitrogens with one attached hydrogen (secondary N) is 1. The van der Waals surface area contributed by atoms with Crippen LogP contribution in [0.5, 0.6) is 0 Å². The Morgan fingerprint density at radius 1 is 1.32 bits per heavy atom. The van der Waals surface area contributed by atoms with Crippen molar-refractivity contribution in [3.05, 3.63) is 64.0 Å². The smallest absolute Gasteiger partial charge is 0.239 e. The molecule has 4 nitrogen and oxygen atoms in total. The molecule has 0 amide bonds. The van der Waals surface area contributed by atoms with Gasteiger partial charge in [-0.25, -0.2) is 13.1 Å². The van der Waals surface area contributed by atoms with Crippen molar-refractivity contribution in [3.63, 3.8) is 0 Å². The third kappa shape index (κ3) is 3.37. The molecule has 0 bridgehead atoms. The molecular formula is C13H14ClN2O2S. The predicted octanol–water partition coefficient (Wildman–Crippen LogP) is 2.09. The predicted molar refractivity (Wildman–Crippen MR) is 76.5 cm³/mol. The van der Waals surface area contributed by atoms with Gasteiger partial charge in [-0.15, -0.1) is 0 Å². The summed E-state index contributed by atoms with van der Waals surface area (Å²) in [5.74, 6) is 0. The van der Waals surface area contributed by atoms with E-state index in [1.54, 1.807) is 36.8 Å². The van der Waals surface area contributed by atoms with E-state index in [2.05, 4.69) is 4.72 Å². The van der Waals surface area contributed by atoms with Crippen LogP contribution in [0.3, 0.4) is 0 Å². The van der Waals surface area contributed by atoms with Gasteiger partial charge in [0.15, 0.2) is 0 Å². The largest absolute Gasteiger partial charge is 0.398 e. The minimum Gasteiger partial charge on any atom is -0.398 e. The number of allylic oxidation sites excluding steroid dienone is 3. The summed E-state index contributed by atoms with van der Waals surface area (Å²) in [6, 6.07) is 7.08. The van der Waals surface area contributed by atoms with Crippen LogP contribution in [0, 0.1) is 6.42 Å². The van der Waals surface area contributed by atoms with Crippen molar-refractivity contribution in [1.29, 1.82) is 0 Å². The van der Waals surface area contributed by atoms with E-state index in [1.807, 2.05) is 6.08 Å². The normalized spacial score (nSPS) is 15.8. The second-order valence-electron chi connectivity index (χ2n) is 4.08. The van der Waals surface area contributed by atoms with Crippen LogP contribution in [0.25, 0.3) is 0 Å². The fourth-order valence-electron chi connectivity index (χ4n) is 1.73. The van der Waals surface area contributed by atoms with Gasteiger partial charge < -0.3 is 5.73 Å². The van der Waals surface area contributed by atoms with E-state index < -0.39 is 10.0 Å². The third-order valence-electron chi connectivity index (χ3n) is 2.72. The first-order valence-electron chi connectivity index (χ1n) is 5.73. The zero-order chi connectivity index (χ0) is 13.9. The van der Waals surface area contributed by atoms with E-state index in [0.29, 0.717) is 11.4 Å². The lowest BCUT2D eigenvalue weighted by molar-refractivity contribution is 0.587. The summed E-state index contributed by atoms with van der Waals surface area (Å²) in [4.78, 5) is 0.127. The fraction of sp³-hybridized carbons (Fsp3) is 0.154. The summed E-state index contributed by atoms with van der Waals surface area (Å²) in [7, 11) is -3.61. The van der Waals surface area contributed by atoms with Crippen molar-refractivity contribution in [3.8, 4) is 0 Å². The van der Waals surface area contributed by atoms with E-state index >= 15 is 0 Å². The standard InChI is InChI=1S/C13H14ClN2O2S/c14-11-6-2-1-5-10(11)9-16-19(17,18)13-8-4-3-7-12(13)15/h1-3,5-8,16H,4,9,15H2. The highest BCUT2D eigenvalue weighted by atomic mass is 35.5. The number of rotatable bonds is 4. The highest BCUT2D eigenvalue weighted by Gasteiger charge is 2.21. The molecule has 0 saturated heterocycles. The van der Waals surface area contributed by atoms with Crippen molar-refractivity contribution in [2.45, 2.75) is 13.0 Å². The van der Waals surface area contributed by atoms with Gasteiger partial charge in [0.05, 0.1) is 4.91 Å². The number of hydrogen-bond donors (Lipinski definition) is 2. The van der Waals surface area contributed by atoms with Gasteiger partial charge in [0.2, 0.25) is 10.0 Å². The van der Waals surface area contributed by atoms with Crippen LogP contribution in [-0.2, 0) is 16.6 Å². The maximum atomic E-state index is 12.1. The molecule has 1 aliphatic carbocycles. The van der Waals surface area contributed by atoms with E-state index in [9.17, 15) is 8.42 Å². The molecule has 1 radical (unpaired) electrons. The van der Waals surface area contributed by atoms with Crippen LogP contribution in [-0.4, -0.2) is 8.42 Å². The average molecular weight is 298 g/mol. The van der Waals surface area contributed by atoms with Crippen LogP contribution in [0.4, 0.5) is 0 Å². The molecule has 0 aliphatic heterocycles. The Hall–Kier alpha value is -1.30. The molecule has 0 aromatic heterocycles. The van der Waals surface area contributed by atoms with Crippen molar-refractivity contribution < 1.29 is 8.42 Å². The number of halogens is 1. The van der Waals surface area contributed by atoms with Crippen molar-refractivity contribution >= 4 is 21.6 Å². The summed E-state index contributed by atoms with van der Waals surface area (Å²) in [6.07, 6.45) is 5.56. The molecule has 0 unspecified atom stereocenters. The lowest BCUT2D eigenvalue weighted by Crippen LogP contribution is -2.27. The molecule has 1 aromatic rings. The maximum Gasteiger partial charge on any atom is 0.239 e. The molecule has 3 N–H and O–H groups in total. The van der Waals surface area contributed by atoms with Gasteiger partial charge >= 0.3 is 0 Å². The SMILES string of the molecule is NC1=C(S(=O)(=O)NCc2ccccc2Cl)[CH]CC=C1. The Bertz CT molecular complexity index is 636. The molecule has 19 heavy (non-hydrogen) atoms. The first kappa shape index (κ1) is 14.1. The zero-order valence-electron chi connectivity index (χ0n) is 10.1. The number of sulfonamides is 1. The van der Waals surface area contributed by atoms with Crippen LogP contribution >= 0.6 is 11.6 Å². The Labute approximate surface area is 118 Å².